The summed E-state index contributed by atoms with van der Waals surface area (Å²) in [7, 11) is 3.15. The lowest BCUT2D eigenvalue weighted by atomic mass is 10.1. The first-order valence-corrected chi connectivity index (χ1v) is 9.42. The van der Waals surface area contributed by atoms with Crippen LogP contribution < -0.4 is 11.1 Å². The third-order valence-electron chi connectivity index (χ3n) is 4.16. The Morgan fingerprint density at radius 2 is 2.07 bits per heavy atom. The average molecular weight is 418 g/mol. The van der Waals surface area contributed by atoms with Crippen molar-refractivity contribution < 1.29 is 14.5 Å². The number of ether oxygens (including phenoxy) is 1. The van der Waals surface area contributed by atoms with Crippen molar-refractivity contribution in [1.29, 1.82) is 0 Å². The lowest BCUT2D eigenvalue weighted by Gasteiger charge is -2.01. The molecule has 1 N–H and O–H groups in total. The van der Waals surface area contributed by atoms with Crippen molar-refractivity contribution in [1.82, 2.24) is 14.1 Å². The molecule has 152 valence electrons. The van der Waals surface area contributed by atoms with Gasteiger partial charge in [0.25, 0.3) is 5.69 Å². The van der Waals surface area contributed by atoms with Gasteiger partial charge in [-0.25, -0.2) is 9.78 Å². The van der Waals surface area contributed by atoms with Gasteiger partial charge in [-0.05, 0) is 13.0 Å². The smallest absolute Gasteiger partial charge is 0.328 e. The molecule has 3 aromatic rings. The Kier molecular flexibility index (Phi) is 5.73. The van der Waals surface area contributed by atoms with Gasteiger partial charge < -0.3 is 4.74 Å². The van der Waals surface area contributed by atoms with E-state index >= 15 is 0 Å². The van der Waals surface area contributed by atoms with Crippen LogP contribution in [0.5, 0.6) is 0 Å². The van der Waals surface area contributed by atoms with Crippen LogP contribution in [0, 0.1) is 10.1 Å². The third kappa shape index (κ3) is 4.16. The quantitative estimate of drug-likeness (QED) is 0.268. The van der Waals surface area contributed by atoms with Crippen LogP contribution in [-0.2, 0) is 30.0 Å². The Balaban J connectivity index is 1.83. The molecule has 0 saturated carbocycles. The maximum atomic E-state index is 12.1. The number of nitro groups is 1. The predicted octanol–water partition coefficient (Wildman–Crippen LogP) is 1.79. The first-order valence-electron chi connectivity index (χ1n) is 8.54. The predicted molar refractivity (Wildman–Crippen MR) is 108 cm³/mol. The zero-order valence-corrected chi connectivity index (χ0v) is 16.7. The number of fused-ring (bicyclic) bond motifs is 1. The number of rotatable bonds is 7. The van der Waals surface area contributed by atoms with E-state index in [2.05, 4.69) is 15.5 Å². The van der Waals surface area contributed by atoms with Crippen LogP contribution in [0.4, 0.5) is 10.8 Å². The van der Waals surface area contributed by atoms with E-state index in [9.17, 15) is 19.7 Å². The highest BCUT2D eigenvalue weighted by atomic mass is 32.1. The van der Waals surface area contributed by atoms with E-state index in [4.69, 9.17) is 4.74 Å². The normalized spacial score (nSPS) is 11.3. The standard InChI is InChI=1S/C17H18N6O5S/c1-4-28-15(24)6-11-9-29-16(19-11)20-18-8-10-5-13-14(7-12(10)23(26)27)22(3)17(25)21(13)2/h5,7-9H,4,6H2,1-3H3,(H,19,20). The van der Waals surface area contributed by atoms with Gasteiger partial charge in [0.15, 0.2) is 0 Å². The molecule has 3 rings (SSSR count). The molecule has 1 aromatic carbocycles. The largest absolute Gasteiger partial charge is 0.466 e. The number of hydrogen-bond acceptors (Lipinski definition) is 9. The van der Waals surface area contributed by atoms with Crippen LogP contribution in [-0.4, -0.2) is 37.8 Å². The van der Waals surface area contributed by atoms with Crippen LogP contribution in [0.25, 0.3) is 11.0 Å². The summed E-state index contributed by atoms with van der Waals surface area (Å²) in [5.74, 6) is -0.370. The summed E-state index contributed by atoms with van der Waals surface area (Å²) in [6.07, 6.45) is 1.35. The van der Waals surface area contributed by atoms with Crippen molar-refractivity contribution >= 4 is 45.4 Å². The fourth-order valence-corrected chi connectivity index (χ4v) is 3.43. The van der Waals surface area contributed by atoms with Crippen LogP contribution in [0.3, 0.4) is 0 Å². The van der Waals surface area contributed by atoms with E-state index in [1.807, 2.05) is 0 Å². The first kappa shape index (κ1) is 20.2. The molecule has 12 heteroatoms. The third-order valence-corrected chi connectivity index (χ3v) is 4.96. The summed E-state index contributed by atoms with van der Waals surface area (Å²) in [6.45, 7) is 2.03. The number of anilines is 1. The summed E-state index contributed by atoms with van der Waals surface area (Å²) in [5.41, 5.74) is 4.02. The highest BCUT2D eigenvalue weighted by Crippen LogP contribution is 2.24. The summed E-state index contributed by atoms with van der Waals surface area (Å²) in [6, 6.07) is 2.88. The fraction of sp³-hybridized carbons (Fsp3) is 0.294. The van der Waals surface area contributed by atoms with E-state index in [1.54, 1.807) is 26.4 Å². The van der Waals surface area contributed by atoms with Crippen LogP contribution in [0.1, 0.15) is 18.2 Å². The summed E-state index contributed by atoms with van der Waals surface area (Å²) in [5, 5.41) is 17.6. The van der Waals surface area contributed by atoms with Crippen molar-refractivity contribution in [3.8, 4) is 0 Å². The number of thiazole rings is 1. The van der Waals surface area contributed by atoms with Crippen molar-refractivity contribution in [3.63, 3.8) is 0 Å². The molecule has 0 spiro atoms. The van der Waals surface area contributed by atoms with Gasteiger partial charge in [0.2, 0.25) is 5.13 Å². The highest BCUT2D eigenvalue weighted by molar-refractivity contribution is 7.13. The molecular weight excluding hydrogens is 400 g/mol. The molecule has 0 aliphatic heterocycles. The number of hydrazone groups is 1. The maximum absolute atomic E-state index is 12.1. The van der Waals surface area contributed by atoms with E-state index in [0.29, 0.717) is 28.5 Å². The van der Waals surface area contributed by atoms with Gasteiger partial charge in [-0.2, -0.15) is 5.10 Å². The first-order chi connectivity index (χ1) is 13.8. The van der Waals surface area contributed by atoms with Gasteiger partial charge in [0.1, 0.15) is 0 Å². The molecule has 0 unspecified atom stereocenters. The number of aromatic nitrogens is 3. The van der Waals surface area contributed by atoms with Gasteiger partial charge in [-0.1, -0.05) is 0 Å². The Morgan fingerprint density at radius 1 is 1.38 bits per heavy atom. The monoisotopic (exact) mass is 418 g/mol. The van der Waals surface area contributed by atoms with Gasteiger partial charge in [0.05, 0.1) is 46.5 Å². The Bertz CT molecular complexity index is 1180. The van der Waals surface area contributed by atoms with Crippen LogP contribution in [0.15, 0.2) is 27.4 Å². The highest BCUT2D eigenvalue weighted by Gasteiger charge is 2.18. The second kappa shape index (κ2) is 8.22. The molecule has 11 nitrogen and oxygen atoms in total. The number of carbonyl (C=O) groups excluding carboxylic acids is 1. The zero-order valence-electron chi connectivity index (χ0n) is 15.9. The second-order valence-corrected chi connectivity index (χ2v) is 6.91. The number of nitro benzene ring substituents is 1. The molecule has 0 fully saturated rings. The SMILES string of the molecule is CCOC(=O)Cc1csc(NN=Cc2cc3c(cc2[N+](=O)[O-])n(C)c(=O)n3C)n1. The zero-order chi connectivity index (χ0) is 21.1. The lowest BCUT2D eigenvalue weighted by Crippen LogP contribution is -2.19. The maximum Gasteiger partial charge on any atom is 0.328 e. The topological polar surface area (TPSA) is 134 Å². The molecule has 0 amide bonds. The second-order valence-electron chi connectivity index (χ2n) is 6.05. The number of carbonyl (C=O) groups is 1. The van der Waals surface area contributed by atoms with Crippen LogP contribution in [0.2, 0.25) is 0 Å². The molecular formula is C17H18N6O5S. The summed E-state index contributed by atoms with van der Waals surface area (Å²) in [4.78, 5) is 38.7. The van der Waals surface area contributed by atoms with Crippen molar-refractivity contribution in [3.05, 3.63) is 49.4 Å². The van der Waals surface area contributed by atoms with Crippen molar-refractivity contribution in [2.24, 2.45) is 19.2 Å². The van der Waals surface area contributed by atoms with Gasteiger partial charge in [0, 0.05) is 25.5 Å². The van der Waals surface area contributed by atoms with E-state index in [0.717, 1.165) is 0 Å². The number of esters is 1. The number of hydrogen-bond donors (Lipinski definition) is 1. The van der Waals surface area contributed by atoms with E-state index in [-0.39, 0.29) is 29.3 Å². The molecule has 2 heterocycles. The Labute approximate surface area is 168 Å². The summed E-state index contributed by atoms with van der Waals surface area (Å²) >= 11 is 1.24. The number of nitrogens with zero attached hydrogens (tertiary/aromatic N) is 5. The average Bonchev–Trinajstić information content (AvgIpc) is 3.20. The molecule has 0 radical (unpaired) electrons. The van der Waals surface area contributed by atoms with Gasteiger partial charge >= 0.3 is 11.7 Å². The van der Waals surface area contributed by atoms with Crippen LogP contribution >= 0.6 is 11.3 Å². The summed E-state index contributed by atoms with van der Waals surface area (Å²) < 4.78 is 7.63. The molecule has 0 aliphatic carbocycles. The molecule has 0 saturated heterocycles. The molecule has 0 aliphatic rings. The molecule has 0 bridgehead atoms. The fourth-order valence-electron chi connectivity index (χ4n) is 2.77. The number of aryl methyl sites for hydroxylation is 2. The minimum absolute atomic E-state index is 0.0555. The molecule has 0 atom stereocenters. The van der Waals surface area contributed by atoms with Crippen molar-refractivity contribution in [2.45, 2.75) is 13.3 Å². The Morgan fingerprint density at radius 3 is 2.72 bits per heavy atom. The Hall–Kier alpha value is -3.54. The number of nitrogens with one attached hydrogen (secondary N) is 1. The van der Waals surface area contributed by atoms with Gasteiger partial charge in [-0.3, -0.25) is 29.5 Å². The molecule has 29 heavy (non-hydrogen) atoms. The van der Waals surface area contributed by atoms with E-state index < -0.39 is 4.92 Å². The lowest BCUT2D eigenvalue weighted by molar-refractivity contribution is -0.384. The van der Waals surface area contributed by atoms with E-state index in [1.165, 1.54) is 38.8 Å². The number of benzene rings is 1. The minimum Gasteiger partial charge on any atom is -0.466 e. The molecule has 2 aromatic heterocycles. The van der Waals surface area contributed by atoms with Gasteiger partial charge in [-0.15, -0.1) is 11.3 Å². The van der Waals surface area contributed by atoms with Crippen molar-refractivity contribution in [2.75, 3.05) is 12.0 Å². The number of imidazole rings is 1. The minimum atomic E-state index is -0.529.